The lowest BCUT2D eigenvalue weighted by Gasteiger charge is -2.29. The monoisotopic (exact) mass is 909 g/mol. The first-order valence-corrected chi connectivity index (χ1v) is 22.5. The van der Waals surface area contributed by atoms with Crippen LogP contribution in [0.3, 0.4) is 0 Å². The maximum absolute atomic E-state index is 13.8. The summed E-state index contributed by atoms with van der Waals surface area (Å²) >= 11 is 0. The molecule has 1 unspecified atom stereocenters. The van der Waals surface area contributed by atoms with Gasteiger partial charge >= 0.3 is 5.97 Å². The average molecular weight is 910 g/mol. The molecular formula is C46H67N7O12. The highest BCUT2D eigenvalue weighted by Gasteiger charge is 2.32. The number of rotatable bonds is 25. The summed E-state index contributed by atoms with van der Waals surface area (Å²) in [6, 6.07) is 4.12. The van der Waals surface area contributed by atoms with Gasteiger partial charge in [0.15, 0.2) is 0 Å². The fourth-order valence-corrected chi connectivity index (χ4v) is 7.47. The van der Waals surface area contributed by atoms with E-state index in [1.54, 1.807) is 0 Å². The molecule has 3 atom stereocenters. The molecule has 358 valence electrons. The molecule has 3 rings (SSSR count). The van der Waals surface area contributed by atoms with Crippen LogP contribution >= 0.6 is 0 Å². The van der Waals surface area contributed by atoms with E-state index in [0.29, 0.717) is 12.0 Å². The number of aliphatic hydroxyl groups is 1. The van der Waals surface area contributed by atoms with Gasteiger partial charge in [0.05, 0.1) is 26.2 Å². The van der Waals surface area contributed by atoms with E-state index in [9.17, 15) is 53.7 Å². The second-order valence-corrected chi connectivity index (χ2v) is 16.4. The zero-order valence-electron chi connectivity index (χ0n) is 37.8. The molecule has 0 spiro atoms. The minimum atomic E-state index is -1.48. The number of amides is 7. The van der Waals surface area contributed by atoms with Crippen LogP contribution < -0.4 is 26.6 Å². The van der Waals surface area contributed by atoms with Crippen molar-refractivity contribution >= 4 is 47.3 Å². The van der Waals surface area contributed by atoms with Gasteiger partial charge in [0, 0.05) is 38.1 Å². The summed E-state index contributed by atoms with van der Waals surface area (Å²) < 4.78 is 0. The molecule has 0 saturated heterocycles. The number of carboxylic acid groups (broad SMARTS) is 1. The fourth-order valence-electron chi connectivity index (χ4n) is 7.47. The summed E-state index contributed by atoms with van der Waals surface area (Å²) in [5.41, 5.74) is 0.667. The average Bonchev–Trinajstić information content (AvgIpc) is 3.28. The predicted octanol–water partition coefficient (Wildman–Crippen LogP) is 2.16. The summed E-state index contributed by atoms with van der Waals surface area (Å²) in [4.78, 5) is 105. The third-order valence-corrected chi connectivity index (χ3v) is 11.3. The van der Waals surface area contributed by atoms with E-state index in [4.69, 9.17) is 5.11 Å². The highest BCUT2D eigenvalue weighted by Crippen LogP contribution is 2.38. The van der Waals surface area contributed by atoms with E-state index in [-0.39, 0.29) is 46.9 Å². The molecule has 19 nitrogen and oxygen atoms in total. The predicted molar refractivity (Wildman–Crippen MR) is 240 cm³/mol. The Morgan fingerprint density at radius 3 is 1.92 bits per heavy atom. The topological polar surface area (TPSA) is 284 Å². The van der Waals surface area contributed by atoms with Crippen molar-refractivity contribution in [2.24, 2.45) is 0 Å². The summed E-state index contributed by atoms with van der Waals surface area (Å²) in [5, 5.41) is 52.5. The molecule has 4 bridgehead atoms. The van der Waals surface area contributed by atoms with Crippen molar-refractivity contribution in [3.05, 3.63) is 47.5 Å². The number of fused-ring (bicyclic) bond motifs is 5. The second-order valence-electron chi connectivity index (χ2n) is 16.4. The van der Waals surface area contributed by atoms with Crippen LogP contribution in [0.2, 0.25) is 0 Å². The molecule has 0 aliphatic carbocycles. The normalized spacial score (nSPS) is 15.3. The number of phenolic OH excluding ortho intramolecular Hbond substituents is 2. The lowest BCUT2D eigenvalue weighted by Crippen LogP contribution is -2.52. The highest BCUT2D eigenvalue weighted by atomic mass is 16.4. The van der Waals surface area contributed by atoms with Crippen LogP contribution in [-0.2, 0) is 44.8 Å². The Hall–Kier alpha value is -6.24. The van der Waals surface area contributed by atoms with Gasteiger partial charge in [-0.3, -0.25) is 38.4 Å². The zero-order chi connectivity index (χ0) is 47.9. The molecule has 65 heavy (non-hydrogen) atoms. The first-order valence-electron chi connectivity index (χ1n) is 22.5. The van der Waals surface area contributed by atoms with Crippen LogP contribution in [0, 0.1) is 0 Å². The number of carbonyl (C=O) groups excluding carboxylic acids is 7. The van der Waals surface area contributed by atoms with Gasteiger partial charge in [0.25, 0.3) is 0 Å². The first kappa shape index (κ1) is 53.1. The molecule has 0 saturated carbocycles. The van der Waals surface area contributed by atoms with E-state index in [1.165, 1.54) is 108 Å². The lowest BCUT2D eigenvalue weighted by atomic mass is 9.94. The largest absolute Gasteiger partial charge is 0.507 e. The van der Waals surface area contributed by atoms with Crippen molar-refractivity contribution < 1.29 is 58.8 Å². The van der Waals surface area contributed by atoms with Crippen molar-refractivity contribution in [1.29, 1.82) is 0 Å². The number of benzene rings is 2. The second kappa shape index (κ2) is 27.8. The Morgan fingerprint density at radius 1 is 0.738 bits per heavy atom. The number of carbonyl (C=O) groups is 8. The Bertz CT molecular complexity index is 1960. The Labute approximate surface area is 380 Å². The minimum absolute atomic E-state index is 0.0469. The van der Waals surface area contributed by atoms with Crippen LogP contribution in [0.1, 0.15) is 114 Å². The number of carboxylic acids is 1. The summed E-state index contributed by atoms with van der Waals surface area (Å²) in [6.45, 7) is -1.13. The number of unbranched alkanes of at least 4 members (excludes halogenated alkanes) is 12. The minimum Gasteiger partial charge on any atom is -0.507 e. The number of aromatic hydroxyl groups is 2. The van der Waals surface area contributed by atoms with Gasteiger partial charge < -0.3 is 56.8 Å². The van der Waals surface area contributed by atoms with E-state index < -0.39 is 92.3 Å². The lowest BCUT2D eigenvalue weighted by molar-refractivity contribution is -0.141. The van der Waals surface area contributed by atoms with E-state index in [1.807, 2.05) is 0 Å². The molecule has 2 aromatic carbocycles. The number of hydrogen-bond donors (Lipinski definition) is 9. The van der Waals surface area contributed by atoms with Gasteiger partial charge in [-0.1, -0.05) is 96.1 Å². The molecule has 19 heteroatoms. The SMILES string of the molecule is CCCCCCCCCCCCCCCC(=O)N(C)[C@H](CO)C(=O)NCC(=O)NCC(=O)N(C)C1C(=O)NCC(=O)N[C@H](C(=O)NCC(=O)O)Cc2ccc(O)c(c2)-c2cc1ccc2O. The fraction of sp³-hybridized carbons (Fsp3) is 0.565. The van der Waals surface area contributed by atoms with E-state index in [2.05, 4.69) is 33.5 Å². The number of nitrogens with zero attached hydrogens (tertiary/aromatic N) is 2. The van der Waals surface area contributed by atoms with Crippen LogP contribution in [0.4, 0.5) is 0 Å². The van der Waals surface area contributed by atoms with Gasteiger partial charge in [-0.15, -0.1) is 0 Å². The smallest absolute Gasteiger partial charge is 0.322 e. The van der Waals surface area contributed by atoms with Gasteiger partial charge in [-0.25, -0.2) is 0 Å². The Kier molecular flexibility index (Phi) is 22.7. The summed E-state index contributed by atoms with van der Waals surface area (Å²) in [5.74, 6) is -7.16. The third kappa shape index (κ3) is 17.7. The van der Waals surface area contributed by atoms with Crippen molar-refractivity contribution in [2.75, 3.05) is 46.9 Å². The van der Waals surface area contributed by atoms with Crippen molar-refractivity contribution in [1.82, 2.24) is 36.4 Å². The standard InChI is InChI=1S/C46H67N7O12/c1-4-5-6-7-8-9-10-11-12-13-14-15-16-17-40(59)52(2)35(29-54)45(64)48-25-38(57)47-27-41(60)53(3)43-31-19-21-37(56)33(24-31)32-22-30(18-20-36(32)55)23-34(44(63)50-28-42(61)62)51-39(58)26-49-46(43)65/h18-22,24,34-35,43,54-56H,4-17,23,25-29H2,1-3H3,(H,47,57)(H,48,64)(H,49,65)(H,50,63)(H,51,58)(H,61,62)/t34-,35+,43?/m0/s1. The quantitative estimate of drug-likeness (QED) is 0.0649. The molecule has 1 heterocycles. The number of likely N-dealkylation sites (N-methyl/N-ethyl adjacent to an activating group) is 2. The van der Waals surface area contributed by atoms with Crippen LogP contribution in [-0.4, -0.2) is 137 Å². The van der Waals surface area contributed by atoms with E-state index in [0.717, 1.165) is 29.1 Å². The van der Waals surface area contributed by atoms with Gasteiger partial charge in [0.2, 0.25) is 41.4 Å². The molecule has 0 radical (unpaired) electrons. The molecule has 1 aliphatic heterocycles. The number of aliphatic hydroxyl groups excluding tert-OH is 1. The summed E-state index contributed by atoms with van der Waals surface area (Å²) in [7, 11) is 2.67. The number of hydrogen-bond acceptors (Lipinski definition) is 11. The molecule has 7 amide bonds. The van der Waals surface area contributed by atoms with Gasteiger partial charge in [0.1, 0.15) is 36.2 Å². The molecule has 0 fully saturated rings. The Morgan fingerprint density at radius 2 is 1.32 bits per heavy atom. The highest BCUT2D eigenvalue weighted by molar-refractivity contribution is 5.96. The Balaban J connectivity index is 1.58. The first-order chi connectivity index (χ1) is 31.1. The summed E-state index contributed by atoms with van der Waals surface area (Å²) in [6.07, 6.45) is 15.1. The van der Waals surface area contributed by atoms with Gasteiger partial charge in [-0.2, -0.15) is 0 Å². The van der Waals surface area contributed by atoms with Crippen molar-refractivity contribution in [2.45, 2.75) is 121 Å². The zero-order valence-corrected chi connectivity index (χ0v) is 37.8. The van der Waals surface area contributed by atoms with Crippen LogP contribution in [0.15, 0.2) is 36.4 Å². The number of aliphatic carboxylic acids is 1. The molecule has 0 aromatic heterocycles. The maximum atomic E-state index is 13.8. The molecule has 2 aromatic rings. The molecular weight excluding hydrogens is 843 g/mol. The van der Waals surface area contributed by atoms with Crippen molar-refractivity contribution in [3.63, 3.8) is 0 Å². The maximum Gasteiger partial charge on any atom is 0.322 e. The van der Waals surface area contributed by atoms with E-state index >= 15 is 0 Å². The van der Waals surface area contributed by atoms with Crippen LogP contribution in [0.5, 0.6) is 11.5 Å². The molecule has 1 aliphatic rings. The van der Waals surface area contributed by atoms with Crippen LogP contribution in [0.25, 0.3) is 11.1 Å². The van der Waals surface area contributed by atoms with Crippen molar-refractivity contribution in [3.8, 4) is 22.6 Å². The third-order valence-electron chi connectivity index (χ3n) is 11.3. The number of nitrogens with one attached hydrogen (secondary N) is 5. The number of phenols is 2. The van der Waals surface area contributed by atoms with Gasteiger partial charge in [-0.05, 0) is 41.8 Å². The molecule has 9 N–H and O–H groups in total.